The molecule has 25 heavy (non-hydrogen) atoms. The lowest BCUT2D eigenvalue weighted by molar-refractivity contribution is 0.265. The molecule has 0 saturated heterocycles. The van der Waals surface area contributed by atoms with Crippen molar-refractivity contribution in [1.82, 2.24) is 9.97 Å². The molecule has 3 aromatic heterocycles. The minimum absolute atomic E-state index is 0. The van der Waals surface area contributed by atoms with Crippen molar-refractivity contribution in [2.75, 3.05) is 11.9 Å². The van der Waals surface area contributed by atoms with E-state index >= 15 is 0 Å². The zero-order valence-electron chi connectivity index (χ0n) is 13.4. The Morgan fingerprint density at radius 1 is 1.36 bits per heavy atom. The Hall–Kier alpha value is -0.670. The number of aliphatic hydroxyl groups is 1. The highest BCUT2D eigenvalue weighted by Gasteiger charge is 2.17. The van der Waals surface area contributed by atoms with Gasteiger partial charge < -0.3 is 16.2 Å². The van der Waals surface area contributed by atoms with Crippen LogP contribution < -0.4 is 11.1 Å². The second-order valence-electron chi connectivity index (χ2n) is 5.25. The maximum atomic E-state index is 9.17. The van der Waals surface area contributed by atoms with Crippen molar-refractivity contribution in [1.29, 1.82) is 0 Å². The van der Waals surface area contributed by atoms with Crippen LogP contribution in [-0.4, -0.2) is 27.7 Å². The summed E-state index contributed by atoms with van der Waals surface area (Å²) in [6.45, 7) is 2.66. The van der Waals surface area contributed by atoms with Crippen LogP contribution in [0.15, 0.2) is 17.5 Å². The molecule has 0 aromatic carbocycles. The van der Waals surface area contributed by atoms with E-state index < -0.39 is 0 Å². The van der Waals surface area contributed by atoms with Gasteiger partial charge in [-0.3, -0.25) is 0 Å². The van der Waals surface area contributed by atoms with Crippen LogP contribution in [0.4, 0.5) is 5.82 Å². The molecule has 0 aliphatic carbocycles. The van der Waals surface area contributed by atoms with E-state index in [-0.39, 0.29) is 42.7 Å². The molecule has 0 aliphatic heterocycles. The molecular weight excluding hydrogens is 423 g/mol. The van der Waals surface area contributed by atoms with Crippen LogP contribution in [0.1, 0.15) is 15.3 Å². The molecule has 0 amide bonds. The fourth-order valence-corrected chi connectivity index (χ4v) is 4.42. The summed E-state index contributed by atoms with van der Waals surface area (Å²) >= 11 is 9.38. The second-order valence-corrected chi connectivity index (χ2v) is 7.72. The van der Waals surface area contributed by atoms with Crippen molar-refractivity contribution in [2.24, 2.45) is 5.73 Å². The lowest BCUT2D eigenvalue weighted by Gasteiger charge is -2.06. The van der Waals surface area contributed by atoms with Crippen LogP contribution in [0, 0.1) is 6.92 Å². The molecular formula is C15H19Cl3N4OS2. The van der Waals surface area contributed by atoms with E-state index in [2.05, 4.69) is 21.4 Å². The highest BCUT2D eigenvalue weighted by Crippen LogP contribution is 2.35. The quantitative estimate of drug-likeness (QED) is 0.503. The van der Waals surface area contributed by atoms with Crippen molar-refractivity contribution < 1.29 is 5.11 Å². The molecule has 4 N–H and O–H groups in total. The number of halogens is 3. The van der Waals surface area contributed by atoms with E-state index in [1.165, 1.54) is 4.88 Å². The summed E-state index contributed by atoms with van der Waals surface area (Å²) in [6, 6.07) is 3.82. The Morgan fingerprint density at radius 3 is 2.76 bits per heavy atom. The molecule has 3 aromatic rings. The van der Waals surface area contributed by atoms with Crippen molar-refractivity contribution in [2.45, 2.75) is 25.9 Å². The van der Waals surface area contributed by atoms with Crippen molar-refractivity contribution >= 4 is 75.1 Å². The van der Waals surface area contributed by atoms with Gasteiger partial charge in [-0.05, 0) is 42.0 Å². The molecule has 1 atom stereocenters. The number of hydrogen-bond acceptors (Lipinski definition) is 7. The molecule has 10 heteroatoms. The average molecular weight is 442 g/mol. The number of rotatable bonds is 6. The zero-order valence-corrected chi connectivity index (χ0v) is 17.4. The number of nitrogens with two attached hydrogens (primary N) is 1. The smallest absolute Gasteiger partial charge is 0.224 e. The van der Waals surface area contributed by atoms with E-state index in [1.54, 1.807) is 22.7 Å². The largest absolute Gasteiger partial charge is 0.395 e. The molecule has 5 nitrogen and oxygen atoms in total. The van der Waals surface area contributed by atoms with Crippen molar-refractivity contribution in [3.63, 3.8) is 0 Å². The van der Waals surface area contributed by atoms with Gasteiger partial charge in [0.15, 0.2) is 0 Å². The molecule has 0 radical (unpaired) electrons. The van der Waals surface area contributed by atoms with Gasteiger partial charge in [-0.15, -0.1) is 47.5 Å². The van der Waals surface area contributed by atoms with E-state index in [1.807, 2.05) is 18.4 Å². The molecule has 3 rings (SSSR count). The van der Waals surface area contributed by atoms with Crippen LogP contribution in [0.3, 0.4) is 0 Å². The molecule has 0 saturated carbocycles. The third-order valence-corrected chi connectivity index (χ3v) is 5.88. The van der Waals surface area contributed by atoms with Gasteiger partial charge in [-0.2, -0.15) is 4.98 Å². The predicted octanol–water partition coefficient (Wildman–Crippen LogP) is 4.03. The van der Waals surface area contributed by atoms with Gasteiger partial charge in [0.05, 0.1) is 23.4 Å². The van der Waals surface area contributed by atoms with Gasteiger partial charge in [0.1, 0.15) is 5.82 Å². The predicted molar refractivity (Wildman–Crippen MR) is 112 cm³/mol. The fraction of sp³-hybridized carbons (Fsp3) is 0.333. The summed E-state index contributed by atoms with van der Waals surface area (Å²) in [5.74, 6) is 0.741. The van der Waals surface area contributed by atoms with E-state index in [0.717, 1.165) is 26.5 Å². The number of fused-ring (bicyclic) bond motifs is 1. The number of aryl methyl sites for hydroxylation is 1. The van der Waals surface area contributed by atoms with Crippen LogP contribution in [0.2, 0.25) is 5.28 Å². The summed E-state index contributed by atoms with van der Waals surface area (Å²) in [4.78, 5) is 11.0. The standard InChI is InChI=1S/C15H17ClN4OS2.2ClH/c1-8-11(5-9(17)7-21)23-13-12(8)19-15(16)20-14(13)18-6-10-3-2-4-22-10;;/h2-4,9,21H,5-7,17H2,1H3,(H,18,19,20);2*1H/t9-;;/m1../s1. The van der Waals surface area contributed by atoms with Gasteiger partial charge >= 0.3 is 0 Å². The fourth-order valence-electron chi connectivity index (χ4n) is 2.31. The SMILES string of the molecule is Cc1c(C[C@@H](N)CO)sc2c(NCc3cccs3)nc(Cl)nc12.Cl.Cl. The van der Waals surface area contributed by atoms with Gasteiger partial charge in [0.2, 0.25) is 5.28 Å². The van der Waals surface area contributed by atoms with Crippen molar-refractivity contribution in [3.05, 3.63) is 38.1 Å². The van der Waals surface area contributed by atoms with Crippen molar-refractivity contribution in [3.8, 4) is 0 Å². The molecule has 3 heterocycles. The Balaban J connectivity index is 0.00000156. The molecule has 0 fully saturated rings. The maximum Gasteiger partial charge on any atom is 0.224 e. The first-order valence-corrected chi connectivity index (χ1v) is 9.24. The molecule has 0 aliphatic rings. The molecule has 138 valence electrons. The number of aromatic nitrogens is 2. The summed E-state index contributed by atoms with van der Waals surface area (Å²) < 4.78 is 0.976. The first-order chi connectivity index (χ1) is 11.1. The van der Waals surface area contributed by atoms with Gasteiger partial charge in [-0.25, -0.2) is 4.98 Å². The number of nitrogens with one attached hydrogen (secondary N) is 1. The Labute approximate surface area is 171 Å². The highest BCUT2D eigenvalue weighted by atomic mass is 35.5. The van der Waals surface area contributed by atoms with E-state index in [9.17, 15) is 0 Å². The van der Waals surface area contributed by atoms with Crippen LogP contribution in [0.5, 0.6) is 0 Å². The Morgan fingerprint density at radius 2 is 2.12 bits per heavy atom. The minimum atomic E-state index is -0.271. The first-order valence-electron chi connectivity index (χ1n) is 7.16. The second kappa shape index (κ2) is 9.87. The molecule has 0 spiro atoms. The number of anilines is 1. The summed E-state index contributed by atoms with van der Waals surface area (Å²) in [5.41, 5.74) is 7.77. The summed E-state index contributed by atoms with van der Waals surface area (Å²) in [6.07, 6.45) is 0.616. The number of nitrogens with zero attached hydrogens (tertiary/aromatic N) is 2. The lowest BCUT2D eigenvalue weighted by atomic mass is 10.1. The monoisotopic (exact) mass is 440 g/mol. The average Bonchev–Trinajstić information content (AvgIpc) is 3.15. The Bertz CT molecular complexity index is 811. The maximum absolute atomic E-state index is 9.17. The van der Waals surface area contributed by atoms with E-state index in [0.29, 0.717) is 13.0 Å². The molecule has 0 bridgehead atoms. The Kier molecular flexibility index (Phi) is 8.83. The van der Waals surface area contributed by atoms with Crippen LogP contribution in [-0.2, 0) is 13.0 Å². The number of hydrogen-bond donors (Lipinski definition) is 3. The molecule has 0 unspecified atom stereocenters. The number of aliphatic hydroxyl groups excluding tert-OH is 1. The van der Waals surface area contributed by atoms with Gasteiger partial charge in [0.25, 0.3) is 0 Å². The van der Waals surface area contributed by atoms with Crippen LogP contribution >= 0.6 is 59.1 Å². The lowest BCUT2D eigenvalue weighted by Crippen LogP contribution is -2.26. The summed E-state index contributed by atoms with van der Waals surface area (Å²) in [7, 11) is 0. The topological polar surface area (TPSA) is 84.1 Å². The third-order valence-electron chi connectivity index (χ3n) is 3.53. The van der Waals surface area contributed by atoms with Gasteiger partial charge in [-0.1, -0.05) is 6.07 Å². The number of thiophene rings is 2. The first kappa shape index (κ1) is 22.4. The highest BCUT2D eigenvalue weighted by molar-refractivity contribution is 7.19. The third kappa shape index (κ3) is 5.17. The summed E-state index contributed by atoms with van der Waals surface area (Å²) in [5, 5.41) is 14.8. The normalized spacial score (nSPS) is 11.7. The zero-order chi connectivity index (χ0) is 16.4. The van der Waals surface area contributed by atoms with E-state index in [4.69, 9.17) is 22.4 Å². The van der Waals surface area contributed by atoms with Crippen LogP contribution in [0.25, 0.3) is 10.2 Å². The van der Waals surface area contributed by atoms with Gasteiger partial charge in [0, 0.05) is 15.8 Å². The minimum Gasteiger partial charge on any atom is -0.395 e.